The van der Waals surface area contributed by atoms with Crippen LogP contribution in [-0.4, -0.2) is 5.97 Å². The Morgan fingerprint density at radius 1 is 0.840 bits per heavy atom. The van der Waals surface area contributed by atoms with E-state index in [0.29, 0.717) is 5.75 Å². The third-order valence-corrected chi connectivity index (χ3v) is 5.01. The highest BCUT2D eigenvalue weighted by molar-refractivity contribution is 6.18. The van der Waals surface area contributed by atoms with Gasteiger partial charge in [-0.05, 0) is 62.0 Å². The molecule has 1 aliphatic carbocycles. The number of carbonyl (C=O) groups excluding carboxylic acids is 1. The Morgan fingerprint density at radius 3 is 2.40 bits per heavy atom. The van der Waals surface area contributed by atoms with E-state index in [1.165, 1.54) is 45.0 Å². The summed E-state index contributed by atoms with van der Waals surface area (Å²) in [7, 11) is 0. The molecule has 0 fully saturated rings. The second-order valence-corrected chi connectivity index (χ2v) is 6.54. The zero-order chi connectivity index (χ0) is 17.0. The average molecular weight is 324 g/mol. The topological polar surface area (TPSA) is 26.3 Å². The lowest BCUT2D eigenvalue weighted by molar-refractivity contribution is -0.131. The molecule has 4 aromatic carbocycles. The van der Waals surface area contributed by atoms with Gasteiger partial charge in [0.25, 0.3) is 0 Å². The first-order valence-electron chi connectivity index (χ1n) is 8.47. The largest absolute Gasteiger partial charge is 0.427 e. The lowest BCUT2D eigenvalue weighted by atomic mass is 9.93. The van der Waals surface area contributed by atoms with Crippen LogP contribution in [0.3, 0.4) is 0 Å². The van der Waals surface area contributed by atoms with Gasteiger partial charge in [-0.25, -0.2) is 0 Å². The van der Waals surface area contributed by atoms with E-state index in [9.17, 15) is 4.79 Å². The van der Waals surface area contributed by atoms with E-state index in [4.69, 9.17) is 4.74 Å². The molecule has 5 rings (SSSR count). The van der Waals surface area contributed by atoms with Gasteiger partial charge >= 0.3 is 5.97 Å². The van der Waals surface area contributed by atoms with Crippen molar-refractivity contribution in [3.05, 3.63) is 71.8 Å². The van der Waals surface area contributed by atoms with Crippen molar-refractivity contribution in [3.8, 4) is 5.75 Å². The lowest BCUT2D eigenvalue weighted by Crippen LogP contribution is -2.00. The van der Waals surface area contributed by atoms with Crippen molar-refractivity contribution >= 4 is 44.4 Å². The summed E-state index contributed by atoms with van der Waals surface area (Å²) in [4.78, 5) is 11.2. The molecule has 120 valence electrons. The number of benzene rings is 4. The number of esters is 1. The van der Waals surface area contributed by atoms with Crippen LogP contribution in [0.2, 0.25) is 0 Å². The van der Waals surface area contributed by atoms with Gasteiger partial charge in [-0.3, -0.25) is 4.79 Å². The first-order valence-corrected chi connectivity index (χ1v) is 8.47. The fourth-order valence-corrected chi connectivity index (χ4v) is 3.94. The Kier molecular flexibility index (Phi) is 2.95. The Bertz CT molecular complexity index is 1220. The van der Waals surface area contributed by atoms with Crippen LogP contribution >= 0.6 is 0 Å². The normalized spacial score (nSPS) is 12.8. The third-order valence-electron chi connectivity index (χ3n) is 5.01. The van der Waals surface area contributed by atoms with Gasteiger partial charge in [-0.15, -0.1) is 0 Å². The fourth-order valence-electron chi connectivity index (χ4n) is 3.94. The molecule has 2 nitrogen and oxygen atoms in total. The van der Waals surface area contributed by atoms with Gasteiger partial charge < -0.3 is 4.74 Å². The Labute approximate surface area is 145 Å². The second-order valence-electron chi connectivity index (χ2n) is 6.54. The van der Waals surface area contributed by atoms with Crippen LogP contribution in [0, 0.1) is 0 Å². The van der Waals surface area contributed by atoms with Gasteiger partial charge in [-0.1, -0.05) is 54.6 Å². The van der Waals surface area contributed by atoms with Crippen LogP contribution in [-0.2, 0) is 11.2 Å². The van der Waals surface area contributed by atoms with Crippen molar-refractivity contribution in [2.75, 3.05) is 0 Å². The molecule has 0 spiro atoms. The van der Waals surface area contributed by atoms with E-state index in [1.807, 2.05) is 18.2 Å². The molecular formula is C23H16O2. The van der Waals surface area contributed by atoms with Crippen molar-refractivity contribution in [3.63, 3.8) is 0 Å². The third kappa shape index (κ3) is 2.14. The highest BCUT2D eigenvalue weighted by Crippen LogP contribution is 2.36. The van der Waals surface area contributed by atoms with E-state index in [0.717, 1.165) is 11.8 Å². The predicted octanol–water partition coefficient (Wildman–Crippen LogP) is 5.64. The maximum absolute atomic E-state index is 11.2. The lowest BCUT2D eigenvalue weighted by Gasteiger charge is -2.11. The van der Waals surface area contributed by atoms with Crippen molar-refractivity contribution < 1.29 is 9.53 Å². The molecule has 25 heavy (non-hydrogen) atoms. The van der Waals surface area contributed by atoms with Gasteiger partial charge in [-0.2, -0.15) is 0 Å². The Balaban J connectivity index is 1.79. The zero-order valence-electron chi connectivity index (χ0n) is 13.9. The molecule has 2 heteroatoms. The summed E-state index contributed by atoms with van der Waals surface area (Å²) in [5.74, 6) is 0.289. The number of ether oxygens (including phenoxy) is 1. The molecule has 0 saturated heterocycles. The minimum atomic E-state index is -0.298. The Morgan fingerprint density at radius 2 is 1.52 bits per heavy atom. The number of hydrogen-bond donors (Lipinski definition) is 0. The summed E-state index contributed by atoms with van der Waals surface area (Å²) in [5, 5.41) is 7.38. The van der Waals surface area contributed by atoms with E-state index in [2.05, 4.69) is 48.6 Å². The van der Waals surface area contributed by atoms with E-state index in [-0.39, 0.29) is 5.97 Å². The average Bonchev–Trinajstić information content (AvgIpc) is 3.09. The summed E-state index contributed by atoms with van der Waals surface area (Å²) in [6.07, 6.45) is 5.44. The highest BCUT2D eigenvalue weighted by atomic mass is 16.5. The molecule has 1 aliphatic rings. The molecule has 0 radical (unpaired) electrons. The summed E-state index contributed by atoms with van der Waals surface area (Å²) in [5.41, 5.74) is 2.75. The fraction of sp³-hybridized carbons (Fsp3) is 0.0870. The predicted molar refractivity (Wildman–Crippen MR) is 103 cm³/mol. The first-order chi connectivity index (χ1) is 12.2. The molecule has 4 aromatic rings. The van der Waals surface area contributed by atoms with Gasteiger partial charge in [0.2, 0.25) is 0 Å². The van der Waals surface area contributed by atoms with Crippen molar-refractivity contribution in [2.45, 2.75) is 13.3 Å². The molecule has 0 atom stereocenters. The highest BCUT2D eigenvalue weighted by Gasteiger charge is 2.12. The number of allylic oxidation sites excluding steroid dienone is 1. The van der Waals surface area contributed by atoms with E-state index < -0.39 is 0 Å². The summed E-state index contributed by atoms with van der Waals surface area (Å²) < 4.78 is 5.21. The molecule has 0 bridgehead atoms. The maximum atomic E-state index is 11.2. The molecule has 0 amide bonds. The van der Waals surface area contributed by atoms with Crippen LogP contribution in [0.4, 0.5) is 0 Å². The number of hydrogen-bond acceptors (Lipinski definition) is 2. The SMILES string of the molecule is CC(=O)Oc1ccc2c(ccc3c4ccc5c(c4ccc23)CC=C5)c1. The Hall–Kier alpha value is -3.13. The van der Waals surface area contributed by atoms with Crippen LogP contribution < -0.4 is 4.74 Å². The number of fused-ring (bicyclic) bond motifs is 7. The summed E-state index contributed by atoms with van der Waals surface area (Å²) in [6, 6.07) is 19.0. The van der Waals surface area contributed by atoms with Gasteiger partial charge in [0, 0.05) is 6.92 Å². The molecule has 0 aromatic heterocycles. The summed E-state index contributed by atoms with van der Waals surface area (Å²) >= 11 is 0. The smallest absolute Gasteiger partial charge is 0.308 e. The van der Waals surface area contributed by atoms with Crippen LogP contribution in [0.25, 0.3) is 38.4 Å². The quantitative estimate of drug-likeness (QED) is 0.257. The maximum Gasteiger partial charge on any atom is 0.308 e. The van der Waals surface area contributed by atoms with E-state index >= 15 is 0 Å². The van der Waals surface area contributed by atoms with Gasteiger partial charge in [0.05, 0.1) is 0 Å². The van der Waals surface area contributed by atoms with Gasteiger partial charge in [0.1, 0.15) is 5.75 Å². The number of carbonyl (C=O) groups is 1. The minimum Gasteiger partial charge on any atom is -0.427 e. The molecule has 0 unspecified atom stereocenters. The van der Waals surface area contributed by atoms with Crippen molar-refractivity contribution in [1.82, 2.24) is 0 Å². The number of rotatable bonds is 1. The van der Waals surface area contributed by atoms with Crippen molar-refractivity contribution in [2.24, 2.45) is 0 Å². The molecule has 0 N–H and O–H groups in total. The standard InChI is InChI=1S/C23H16O2/c1-14(24)25-17-7-10-19-16(13-17)6-9-23-21(19)12-11-20-18-4-2-3-15(18)5-8-22(20)23/h2-3,5-13H,4H2,1H3. The monoisotopic (exact) mass is 324 g/mol. The minimum absolute atomic E-state index is 0.298. The molecular weight excluding hydrogens is 308 g/mol. The second kappa shape index (κ2) is 5.18. The molecule has 0 aliphatic heterocycles. The first kappa shape index (κ1) is 14.2. The zero-order valence-corrected chi connectivity index (χ0v) is 13.9. The van der Waals surface area contributed by atoms with E-state index in [1.54, 1.807) is 0 Å². The molecule has 0 saturated carbocycles. The van der Waals surface area contributed by atoms with Crippen LogP contribution in [0.15, 0.2) is 60.7 Å². The molecule has 0 heterocycles. The van der Waals surface area contributed by atoms with Crippen LogP contribution in [0.1, 0.15) is 18.1 Å². The summed E-state index contributed by atoms with van der Waals surface area (Å²) in [6.45, 7) is 1.42. The van der Waals surface area contributed by atoms with Crippen molar-refractivity contribution in [1.29, 1.82) is 0 Å². The van der Waals surface area contributed by atoms with Crippen LogP contribution in [0.5, 0.6) is 5.75 Å². The van der Waals surface area contributed by atoms with Gasteiger partial charge in [0.15, 0.2) is 0 Å².